The van der Waals surface area contributed by atoms with E-state index in [0.717, 1.165) is 36.7 Å². The van der Waals surface area contributed by atoms with Gasteiger partial charge in [-0.2, -0.15) is 0 Å². The van der Waals surface area contributed by atoms with Crippen LogP contribution < -0.4 is 5.32 Å². The van der Waals surface area contributed by atoms with Crippen LogP contribution in [0, 0.1) is 11.6 Å². The van der Waals surface area contributed by atoms with Crippen molar-refractivity contribution in [2.75, 3.05) is 11.9 Å². The highest BCUT2D eigenvalue weighted by atomic mass is 19.1. The molecule has 21 heavy (non-hydrogen) atoms. The Morgan fingerprint density at radius 1 is 1.10 bits per heavy atom. The molecule has 0 spiro atoms. The van der Waals surface area contributed by atoms with Crippen LogP contribution in [-0.4, -0.2) is 12.3 Å². The molecule has 0 bridgehead atoms. The molecular weight excluding hydrogens is 272 g/mol. The molecule has 4 heteroatoms. The summed E-state index contributed by atoms with van der Waals surface area (Å²) in [4.78, 5) is 12.3. The molecule has 0 saturated heterocycles. The molecule has 2 aromatic rings. The van der Waals surface area contributed by atoms with E-state index in [1.807, 2.05) is 12.1 Å². The van der Waals surface area contributed by atoms with Crippen LogP contribution in [0.3, 0.4) is 0 Å². The monoisotopic (exact) mass is 287 g/mol. The second-order valence-corrected chi connectivity index (χ2v) is 5.28. The van der Waals surface area contributed by atoms with E-state index in [4.69, 9.17) is 0 Å². The first-order valence-electron chi connectivity index (χ1n) is 6.97. The van der Waals surface area contributed by atoms with Crippen molar-refractivity contribution in [3.8, 4) is 0 Å². The number of hydrogen-bond acceptors (Lipinski definition) is 2. The van der Waals surface area contributed by atoms with Crippen LogP contribution in [0.5, 0.6) is 0 Å². The summed E-state index contributed by atoms with van der Waals surface area (Å²) in [6, 6.07) is 8.73. The van der Waals surface area contributed by atoms with Gasteiger partial charge in [0.05, 0.1) is 0 Å². The summed E-state index contributed by atoms with van der Waals surface area (Å²) < 4.78 is 26.3. The number of benzene rings is 2. The smallest absolute Gasteiger partial charge is 0.167 e. The molecule has 3 rings (SSSR count). The average molecular weight is 287 g/mol. The van der Waals surface area contributed by atoms with Gasteiger partial charge in [-0.1, -0.05) is 0 Å². The van der Waals surface area contributed by atoms with Gasteiger partial charge >= 0.3 is 0 Å². The molecule has 2 aromatic carbocycles. The van der Waals surface area contributed by atoms with Crippen molar-refractivity contribution < 1.29 is 13.6 Å². The Balaban J connectivity index is 1.82. The number of hydrogen-bond donors (Lipinski definition) is 1. The van der Waals surface area contributed by atoms with Crippen LogP contribution in [0.15, 0.2) is 36.4 Å². The fraction of sp³-hybridized carbons (Fsp3) is 0.235. The van der Waals surface area contributed by atoms with Crippen molar-refractivity contribution in [3.05, 3.63) is 64.7 Å². The highest BCUT2D eigenvalue weighted by Gasteiger charge is 2.13. The maximum atomic E-state index is 13.1. The number of Topliss-reactive ketones (excluding diaryl/α,β-unsaturated/α-hetero) is 1. The van der Waals surface area contributed by atoms with E-state index in [2.05, 4.69) is 5.32 Å². The first-order chi connectivity index (χ1) is 10.1. The molecule has 0 fully saturated rings. The molecule has 108 valence electrons. The largest absolute Gasteiger partial charge is 0.385 e. The van der Waals surface area contributed by atoms with Gasteiger partial charge < -0.3 is 5.32 Å². The standard InChI is InChI=1S/C17H15F2NO/c18-14-6-11(7-15(19)10-14)8-17(21)13-3-4-16-12(9-13)2-1-5-20-16/h3-4,6-7,9-10,20H,1-2,5,8H2. The molecule has 0 aliphatic carbocycles. The van der Waals surface area contributed by atoms with E-state index in [1.54, 1.807) is 6.07 Å². The summed E-state index contributed by atoms with van der Waals surface area (Å²) in [5.41, 5.74) is 3.13. The lowest BCUT2D eigenvalue weighted by molar-refractivity contribution is 0.0993. The molecular formula is C17H15F2NO. The predicted molar refractivity (Wildman–Crippen MR) is 77.6 cm³/mol. The second-order valence-electron chi connectivity index (χ2n) is 5.28. The Morgan fingerprint density at radius 2 is 1.86 bits per heavy atom. The zero-order chi connectivity index (χ0) is 14.8. The van der Waals surface area contributed by atoms with Gasteiger partial charge in [-0.15, -0.1) is 0 Å². The first-order valence-corrected chi connectivity index (χ1v) is 6.97. The van der Waals surface area contributed by atoms with E-state index in [0.29, 0.717) is 11.1 Å². The number of aryl methyl sites for hydroxylation is 1. The molecule has 0 atom stereocenters. The Labute approximate surface area is 121 Å². The summed E-state index contributed by atoms with van der Waals surface area (Å²) in [5, 5.41) is 3.28. The van der Waals surface area contributed by atoms with Gasteiger partial charge in [-0.05, 0) is 54.3 Å². The molecule has 0 amide bonds. The SMILES string of the molecule is O=C(Cc1cc(F)cc(F)c1)c1ccc2c(c1)CCCN2. The van der Waals surface area contributed by atoms with Gasteiger partial charge in [-0.25, -0.2) is 8.78 Å². The minimum atomic E-state index is -0.660. The Kier molecular flexibility index (Phi) is 3.69. The van der Waals surface area contributed by atoms with Crippen molar-refractivity contribution in [2.24, 2.45) is 0 Å². The number of rotatable bonds is 3. The minimum absolute atomic E-state index is 0.000888. The highest BCUT2D eigenvalue weighted by molar-refractivity contribution is 5.98. The maximum Gasteiger partial charge on any atom is 0.167 e. The molecule has 1 heterocycles. The van der Waals surface area contributed by atoms with Crippen molar-refractivity contribution in [2.45, 2.75) is 19.3 Å². The van der Waals surface area contributed by atoms with Crippen LogP contribution in [0.2, 0.25) is 0 Å². The van der Waals surface area contributed by atoms with Crippen LogP contribution in [-0.2, 0) is 12.8 Å². The Hall–Kier alpha value is -2.23. The third-order valence-electron chi connectivity index (χ3n) is 3.65. The Morgan fingerprint density at radius 3 is 2.62 bits per heavy atom. The zero-order valence-electron chi connectivity index (χ0n) is 11.5. The van der Waals surface area contributed by atoms with E-state index < -0.39 is 11.6 Å². The summed E-state index contributed by atoms with van der Waals surface area (Å²) in [6.07, 6.45) is 1.98. The van der Waals surface area contributed by atoms with Gasteiger partial charge in [0.1, 0.15) is 11.6 Å². The average Bonchev–Trinajstić information content (AvgIpc) is 2.45. The van der Waals surface area contributed by atoms with E-state index in [1.165, 1.54) is 12.1 Å². The summed E-state index contributed by atoms with van der Waals surface area (Å²) >= 11 is 0. The first kappa shape index (κ1) is 13.7. The lowest BCUT2D eigenvalue weighted by Gasteiger charge is -2.18. The molecule has 0 unspecified atom stereocenters. The molecule has 1 aliphatic heterocycles. The van der Waals surface area contributed by atoms with Crippen LogP contribution >= 0.6 is 0 Å². The maximum absolute atomic E-state index is 13.1. The van der Waals surface area contributed by atoms with Crippen LogP contribution in [0.25, 0.3) is 0 Å². The van der Waals surface area contributed by atoms with Crippen molar-refractivity contribution >= 4 is 11.5 Å². The summed E-state index contributed by atoms with van der Waals surface area (Å²) in [7, 11) is 0. The third kappa shape index (κ3) is 3.10. The fourth-order valence-corrected chi connectivity index (χ4v) is 2.65. The minimum Gasteiger partial charge on any atom is -0.385 e. The number of carbonyl (C=O) groups is 1. The topological polar surface area (TPSA) is 29.1 Å². The predicted octanol–water partition coefficient (Wildman–Crippen LogP) is 3.75. The van der Waals surface area contributed by atoms with Gasteiger partial charge in [0.15, 0.2) is 5.78 Å². The molecule has 0 radical (unpaired) electrons. The third-order valence-corrected chi connectivity index (χ3v) is 3.65. The number of halogens is 2. The van der Waals surface area contributed by atoms with Crippen LogP contribution in [0.1, 0.15) is 27.9 Å². The lowest BCUT2D eigenvalue weighted by atomic mass is 9.97. The van der Waals surface area contributed by atoms with Gasteiger partial charge in [0.25, 0.3) is 0 Å². The molecule has 1 N–H and O–H groups in total. The van der Waals surface area contributed by atoms with Gasteiger partial charge in [-0.3, -0.25) is 4.79 Å². The van der Waals surface area contributed by atoms with Crippen molar-refractivity contribution in [1.82, 2.24) is 0 Å². The highest BCUT2D eigenvalue weighted by Crippen LogP contribution is 2.23. The van der Waals surface area contributed by atoms with E-state index in [9.17, 15) is 13.6 Å². The molecule has 0 saturated carbocycles. The van der Waals surface area contributed by atoms with Crippen LogP contribution in [0.4, 0.5) is 14.5 Å². The molecule has 1 aliphatic rings. The summed E-state index contributed by atoms with van der Waals surface area (Å²) in [5.74, 6) is -1.45. The quantitative estimate of drug-likeness (QED) is 0.871. The number of anilines is 1. The second kappa shape index (κ2) is 5.64. The molecule has 0 aromatic heterocycles. The number of nitrogens with one attached hydrogen (secondary N) is 1. The number of fused-ring (bicyclic) bond motifs is 1. The normalized spacial score (nSPS) is 13.4. The van der Waals surface area contributed by atoms with Crippen molar-refractivity contribution in [3.63, 3.8) is 0 Å². The number of carbonyl (C=O) groups excluding carboxylic acids is 1. The van der Waals surface area contributed by atoms with E-state index in [-0.39, 0.29) is 12.2 Å². The van der Waals surface area contributed by atoms with E-state index >= 15 is 0 Å². The van der Waals surface area contributed by atoms with Gasteiger partial charge in [0.2, 0.25) is 0 Å². The van der Waals surface area contributed by atoms with Gasteiger partial charge in [0, 0.05) is 30.3 Å². The fourth-order valence-electron chi connectivity index (χ4n) is 2.65. The lowest BCUT2D eigenvalue weighted by Crippen LogP contribution is -2.13. The Bertz CT molecular complexity index is 677. The molecule has 2 nitrogen and oxygen atoms in total. The number of ketones is 1. The summed E-state index contributed by atoms with van der Waals surface area (Å²) in [6.45, 7) is 0.947. The zero-order valence-corrected chi connectivity index (χ0v) is 11.5. The van der Waals surface area contributed by atoms with Crippen molar-refractivity contribution in [1.29, 1.82) is 0 Å².